The monoisotopic (exact) mass is 268 g/mol. The van der Waals surface area contributed by atoms with E-state index >= 15 is 0 Å². The number of piperazine rings is 1. The molecule has 2 aliphatic rings. The first-order chi connectivity index (χ1) is 9.06. The first kappa shape index (κ1) is 14.3. The van der Waals surface area contributed by atoms with Gasteiger partial charge in [-0.1, -0.05) is 0 Å². The molecule has 0 bridgehead atoms. The molecule has 19 heavy (non-hydrogen) atoms. The van der Waals surface area contributed by atoms with Crippen molar-refractivity contribution in [3.63, 3.8) is 0 Å². The maximum atomic E-state index is 12.2. The Morgan fingerprint density at radius 1 is 1.11 bits per heavy atom. The lowest BCUT2D eigenvalue weighted by molar-refractivity contribution is -0.139. The van der Waals surface area contributed by atoms with Crippen LogP contribution in [0, 0.1) is 0 Å². The van der Waals surface area contributed by atoms with Crippen LogP contribution in [0.2, 0.25) is 0 Å². The minimum atomic E-state index is 0.0918. The average molecular weight is 268 g/mol. The quantitative estimate of drug-likeness (QED) is 0.705. The van der Waals surface area contributed by atoms with Gasteiger partial charge in [0.1, 0.15) is 0 Å². The number of nitrogens with two attached hydrogens (primary N) is 1. The molecule has 2 saturated heterocycles. The van der Waals surface area contributed by atoms with E-state index in [0.717, 1.165) is 25.9 Å². The maximum absolute atomic E-state index is 12.2. The largest absolute Gasteiger partial charge is 0.339 e. The maximum Gasteiger partial charge on any atom is 0.236 e. The van der Waals surface area contributed by atoms with E-state index in [1.165, 1.54) is 0 Å². The number of hydrogen-bond donors (Lipinski definition) is 1. The van der Waals surface area contributed by atoms with Crippen LogP contribution in [-0.4, -0.2) is 78.4 Å². The highest BCUT2D eigenvalue weighted by Gasteiger charge is 2.25. The Hall–Kier alpha value is -1.14. The van der Waals surface area contributed by atoms with Gasteiger partial charge in [-0.3, -0.25) is 14.5 Å². The van der Waals surface area contributed by atoms with Gasteiger partial charge in [0.15, 0.2) is 0 Å². The van der Waals surface area contributed by atoms with Crippen LogP contribution in [0.15, 0.2) is 0 Å². The van der Waals surface area contributed by atoms with E-state index in [4.69, 9.17) is 5.73 Å². The lowest BCUT2D eigenvalue weighted by atomic mass is 10.1. The molecule has 6 heteroatoms. The van der Waals surface area contributed by atoms with Gasteiger partial charge in [-0.05, 0) is 19.4 Å². The lowest BCUT2D eigenvalue weighted by Gasteiger charge is -2.36. The number of likely N-dealkylation sites (tertiary alicyclic amines) is 1. The Morgan fingerprint density at radius 2 is 1.74 bits per heavy atom. The summed E-state index contributed by atoms with van der Waals surface area (Å²) in [7, 11) is 0. The van der Waals surface area contributed by atoms with Crippen molar-refractivity contribution in [1.82, 2.24) is 14.7 Å². The fraction of sp³-hybridized carbons (Fsp3) is 0.846. The minimum absolute atomic E-state index is 0.0918. The summed E-state index contributed by atoms with van der Waals surface area (Å²) in [6.07, 6.45) is 2.13. The molecule has 1 atom stereocenters. The van der Waals surface area contributed by atoms with Crippen LogP contribution in [0.1, 0.15) is 19.8 Å². The van der Waals surface area contributed by atoms with E-state index in [1.54, 1.807) is 11.8 Å². The Morgan fingerprint density at radius 3 is 2.32 bits per heavy atom. The molecule has 0 saturated carbocycles. The van der Waals surface area contributed by atoms with Crippen LogP contribution in [0.25, 0.3) is 0 Å². The van der Waals surface area contributed by atoms with Crippen molar-refractivity contribution in [2.45, 2.75) is 25.8 Å². The second kappa shape index (κ2) is 6.34. The highest BCUT2D eigenvalue weighted by atomic mass is 16.2. The molecule has 108 valence electrons. The predicted octanol–water partition coefficient (Wildman–Crippen LogP) is -0.900. The Balaban J connectivity index is 1.76. The summed E-state index contributed by atoms with van der Waals surface area (Å²) < 4.78 is 0. The molecule has 0 aromatic carbocycles. The molecule has 2 amide bonds. The zero-order valence-electron chi connectivity index (χ0n) is 11.7. The molecule has 2 fully saturated rings. The van der Waals surface area contributed by atoms with Crippen LogP contribution < -0.4 is 5.73 Å². The van der Waals surface area contributed by atoms with Gasteiger partial charge >= 0.3 is 0 Å². The molecule has 0 aromatic heterocycles. The van der Waals surface area contributed by atoms with E-state index < -0.39 is 0 Å². The van der Waals surface area contributed by atoms with Gasteiger partial charge in [-0.25, -0.2) is 0 Å². The molecule has 0 aliphatic carbocycles. The van der Waals surface area contributed by atoms with E-state index in [9.17, 15) is 9.59 Å². The second-order valence-electron chi connectivity index (χ2n) is 5.52. The molecule has 2 N–H and O–H groups in total. The first-order valence-corrected chi connectivity index (χ1v) is 7.07. The smallest absolute Gasteiger partial charge is 0.236 e. The number of amides is 2. The second-order valence-corrected chi connectivity index (χ2v) is 5.52. The van der Waals surface area contributed by atoms with E-state index in [0.29, 0.717) is 32.7 Å². The third-order valence-electron chi connectivity index (χ3n) is 3.98. The summed E-state index contributed by atoms with van der Waals surface area (Å²) in [5.41, 5.74) is 5.92. The van der Waals surface area contributed by atoms with Crippen molar-refractivity contribution in [2.75, 3.05) is 45.8 Å². The predicted molar refractivity (Wildman–Crippen MR) is 72.5 cm³/mol. The molecule has 2 heterocycles. The molecule has 2 rings (SSSR count). The van der Waals surface area contributed by atoms with Gasteiger partial charge in [0.25, 0.3) is 0 Å². The molecule has 2 aliphatic heterocycles. The summed E-state index contributed by atoms with van der Waals surface area (Å²) in [4.78, 5) is 29.2. The zero-order chi connectivity index (χ0) is 13.8. The summed E-state index contributed by atoms with van der Waals surface area (Å²) in [6, 6.07) is 0.205. The van der Waals surface area contributed by atoms with Gasteiger partial charge in [-0.2, -0.15) is 0 Å². The molecule has 1 unspecified atom stereocenters. The summed E-state index contributed by atoms with van der Waals surface area (Å²) >= 11 is 0. The standard InChI is InChI=1S/C13H24N4O2/c1-11(18)16-5-7-17(8-6-16)13(19)10-15-4-2-3-12(14)9-15/h12H,2-10,14H2,1H3. The van der Waals surface area contributed by atoms with Gasteiger partial charge < -0.3 is 15.5 Å². The van der Waals surface area contributed by atoms with Gasteiger partial charge in [0, 0.05) is 45.7 Å². The van der Waals surface area contributed by atoms with Crippen molar-refractivity contribution < 1.29 is 9.59 Å². The Labute approximate surface area is 114 Å². The van der Waals surface area contributed by atoms with Crippen molar-refractivity contribution >= 4 is 11.8 Å². The Bertz CT molecular complexity index is 340. The van der Waals surface area contributed by atoms with Crippen molar-refractivity contribution in [2.24, 2.45) is 5.73 Å². The number of carbonyl (C=O) groups excluding carboxylic acids is 2. The van der Waals surface area contributed by atoms with Gasteiger partial charge in [0.2, 0.25) is 11.8 Å². The highest BCUT2D eigenvalue weighted by molar-refractivity contribution is 5.79. The number of nitrogens with zero attached hydrogens (tertiary/aromatic N) is 3. The van der Waals surface area contributed by atoms with Crippen LogP contribution in [0.3, 0.4) is 0 Å². The van der Waals surface area contributed by atoms with Crippen LogP contribution in [-0.2, 0) is 9.59 Å². The van der Waals surface area contributed by atoms with E-state index in [-0.39, 0.29) is 17.9 Å². The van der Waals surface area contributed by atoms with Crippen molar-refractivity contribution in [3.05, 3.63) is 0 Å². The molecule has 6 nitrogen and oxygen atoms in total. The fourth-order valence-electron chi connectivity index (χ4n) is 2.80. The zero-order valence-corrected chi connectivity index (χ0v) is 11.7. The summed E-state index contributed by atoms with van der Waals surface area (Å²) in [5.74, 6) is 0.256. The molecular formula is C13H24N4O2. The normalized spacial score (nSPS) is 25.5. The number of piperidine rings is 1. The van der Waals surface area contributed by atoms with E-state index in [1.807, 2.05) is 4.90 Å². The molecule has 0 aromatic rings. The molecule has 0 radical (unpaired) electrons. The third kappa shape index (κ3) is 3.91. The van der Waals surface area contributed by atoms with Gasteiger partial charge in [-0.15, -0.1) is 0 Å². The number of hydrogen-bond acceptors (Lipinski definition) is 4. The van der Waals surface area contributed by atoms with Crippen molar-refractivity contribution in [1.29, 1.82) is 0 Å². The summed E-state index contributed by atoms with van der Waals surface area (Å²) in [6.45, 7) is 6.43. The molecular weight excluding hydrogens is 244 g/mol. The van der Waals surface area contributed by atoms with Crippen LogP contribution in [0.4, 0.5) is 0 Å². The lowest BCUT2D eigenvalue weighted by Crippen LogP contribution is -2.53. The average Bonchev–Trinajstić information content (AvgIpc) is 2.39. The van der Waals surface area contributed by atoms with Gasteiger partial charge in [0.05, 0.1) is 6.54 Å². The van der Waals surface area contributed by atoms with Crippen LogP contribution in [0.5, 0.6) is 0 Å². The highest BCUT2D eigenvalue weighted by Crippen LogP contribution is 2.09. The SMILES string of the molecule is CC(=O)N1CCN(C(=O)CN2CCCC(N)C2)CC1. The molecule has 0 spiro atoms. The first-order valence-electron chi connectivity index (χ1n) is 7.07. The number of carbonyl (C=O) groups is 2. The third-order valence-corrected chi connectivity index (χ3v) is 3.98. The topological polar surface area (TPSA) is 69.9 Å². The Kier molecular flexibility index (Phi) is 4.76. The van der Waals surface area contributed by atoms with E-state index in [2.05, 4.69) is 4.90 Å². The minimum Gasteiger partial charge on any atom is -0.339 e. The van der Waals surface area contributed by atoms with Crippen molar-refractivity contribution in [3.8, 4) is 0 Å². The fourth-order valence-corrected chi connectivity index (χ4v) is 2.80. The summed E-state index contributed by atoms with van der Waals surface area (Å²) in [5, 5.41) is 0. The van der Waals surface area contributed by atoms with Crippen LogP contribution >= 0.6 is 0 Å². The number of rotatable bonds is 2.